The first-order valence-corrected chi connectivity index (χ1v) is 5.74. The van der Waals surface area contributed by atoms with E-state index in [4.69, 9.17) is 9.39 Å². The Kier molecular flexibility index (Phi) is 3.13. The Labute approximate surface area is 82.5 Å². The van der Waals surface area contributed by atoms with E-state index >= 15 is 0 Å². The van der Waals surface area contributed by atoms with Crippen molar-refractivity contribution in [1.82, 2.24) is 5.06 Å². The van der Waals surface area contributed by atoms with Crippen LogP contribution in [-0.2, 0) is 19.8 Å². The summed E-state index contributed by atoms with van der Waals surface area (Å²) in [7, 11) is -4.15. The summed E-state index contributed by atoms with van der Waals surface area (Å²) in [4.78, 5) is 16.2. The molecule has 1 N–H and O–H groups in total. The highest BCUT2D eigenvalue weighted by atomic mass is 32.2. The first-order valence-electron chi connectivity index (χ1n) is 4.24. The Morgan fingerprint density at radius 2 is 2.14 bits per heavy atom. The Morgan fingerprint density at radius 1 is 1.57 bits per heavy atom. The molecule has 0 saturated carbocycles. The maximum absolute atomic E-state index is 11.2. The summed E-state index contributed by atoms with van der Waals surface area (Å²) in [5, 5.41) is -0.0722. The molecule has 7 heteroatoms. The number of carbonyl (C=O) groups is 1. The summed E-state index contributed by atoms with van der Waals surface area (Å²) in [6, 6.07) is 0. The predicted molar refractivity (Wildman–Crippen MR) is 47.9 cm³/mol. The second-order valence-corrected chi connectivity index (χ2v) is 5.15. The fourth-order valence-corrected chi connectivity index (χ4v) is 1.88. The minimum absolute atomic E-state index is 0.101. The number of nitrogens with zero attached hydrogens (tertiary/aromatic N) is 1. The molecule has 0 radical (unpaired) electrons. The number of hydrogen-bond donors (Lipinski definition) is 1. The van der Waals surface area contributed by atoms with Gasteiger partial charge in [0, 0.05) is 6.42 Å². The summed E-state index contributed by atoms with van der Waals surface area (Å²) >= 11 is 0. The monoisotopic (exact) mass is 223 g/mol. The van der Waals surface area contributed by atoms with Gasteiger partial charge in [0.25, 0.3) is 10.1 Å². The largest absolute Gasteiger partial charge is 0.285 e. The third kappa shape index (κ3) is 2.66. The molecule has 0 aromatic heterocycles. The molecule has 1 fully saturated rings. The standard InChI is InChI=1S/C7H13NO5S/c1-5(2)13-8-4-6(3-7(8)9)14(10,11)12/h5-6H,3-4H2,1-2H3,(H,10,11,12). The van der Waals surface area contributed by atoms with Crippen molar-refractivity contribution in [3.05, 3.63) is 0 Å². The molecule has 6 nitrogen and oxygen atoms in total. The molecule has 1 unspecified atom stereocenters. The van der Waals surface area contributed by atoms with E-state index in [2.05, 4.69) is 0 Å². The number of amides is 1. The molecule has 1 saturated heterocycles. The molecule has 1 heterocycles. The van der Waals surface area contributed by atoms with Crippen LogP contribution in [0.15, 0.2) is 0 Å². The Hall–Kier alpha value is -0.660. The molecule has 1 atom stereocenters. The van der Waals surface area contributed by atoms with Crippen molar-refractivity contribution in [2.45, 2.75) is 31.6 Å². The van der Waals surface area contributed by atoms with E-state index in [9.17, 15) is 13.2 Å². The van der Waals surface area contributed by atoms with Crippen molar-refractivity contribution in [3.63, 3.8) is 0 Å². The van der Waals surface area contributed by atoms with Crippen LogP contribution in [0.25, 0.3) is 0 Å². The van der Waals surface area contributed by atoms with Gasteiger partial charge in [-0.2, -0.15) is 8.42 Å². The summed E-state index contributed by atoms with van der Waals surface area (Å²) in [5.74, 6) is -0.415. The fraction of sp³-hybridized carbons (Fsp3) is 0.857. The summed E-state index contributed by atoms with van der Waals surface area (Å²) in [6.45, 7) is 3.36. The van der Waals surface area contributed by atoms with Gasteiger partial charge >= 0.3 is 0 Å². The molecule has 1 aliphatic heterocycles. The third-order valence-electron chi connectivity index (χ3n) is 1.81. The van der Waals surface area contributed by atoms with Gasteiger partial charge in [0.05, 0.1) is 12.6 Å². The lowest BCUT2D eigenvalue weighted by molar-refractivity contribution is -0.191. The highest BCUT2D eigenvalue weighted by Gasteiger charge is 2.38. The van der Waals surface area contributed by atoms with Gasteiger partial charge in [-0.25, -0.2) is 5.06 Å². The molecule has 0 aliphatic carbocycles. The zero-order valence-corrected chi connectivity index (χ0v) is 8.82. The van der Waals surface area contributed by atoms with Gasteiger partial charge in [0.15, 0.2) is 0 Å². The van der Waals surface area contributed by atoms with Crippen molar-refractivity contribution in [3.8, 4) is 0 Å². The van der Waals surface area contributed by atoms with Crippen molar-refractivity contribution in [2.24, 2.45) is 0 Å². The van der Waals surface area contributed by atoms with E-state index < -0.39 is 21.3 Å². The molecule has 1 amide bonds. The Morgan fingerprint density at radius 3 is 2.50 bits per heavy atom. The van der Waals surface area contributed by atoms with Gasteiger partial charge in [-0.05, 0) is 13.8 Å². The minimum Gasteiger partial charge on any atom is -0.285 e. The van der Waals surface area contributed by atoms with Crippen molar-refractivity contribution < 1.29 is 22.6 Å². The minimum atomic E-state index is -4.15. The van der Waals surface area contributed by atoms with Crippen LogP contribution in [0.1, 0.15) is 20.3 Å². The molecule has 82 valence electrons. The van der Waals surface area contributed by atoms with Gasteiger partial charge in [0.1, 0.15) is 5.25 Å². The lowest BCUT2D eigenvalue weighted by Gasteiger charge is -2.18. The molecular weight excluding hydrogens is 210 g/mol. The topological polar surface area (TPSA) is 83.9 Å². The van der Waals surface area contributed by atoms with Gasteiger partial charge < -0.3 is 0 Å². The van der Waals surface area contributed by atoms with E-state index in [0.29, 0.717) is 0 Å². The van der Waals surface area contributed by atoms with Gasteiger partial charge in [-0.15, -0.1) is 0 Å². The highest BCUT2D eigenvalue weighted by Crippen LogP contribution is 2.18. The lowest BCUT2D eigenvalue weighted by atomic mass is 10.4. The molecule has 0 aromatic rings. The summed E-state index contributed by atoms with van der Waals surface area (Å²) < 4.78 is 30.2. The average molecular weight is 223 g/mol. The lowest BCUT2D eigenvalue weighted by Crippen LogP contribution is -2.30. The zero-order valence-electron chi connectivity index (χ0n) is 8.00. The maximum atomic E-state index is 11.2. The first-order chi connectivity index (χ1) is 6.30. The van der Waals surface area contributed by atoms with E-state index in [1.165, 1.54) is 0 Å². The van der Waals surface area contributed by atoms with Crippen LogP contribution in [0.3, 0.4) is 0 Å². The number of carbonyl (C=O) groups excluding carboxylic acids is 1. The van der Waals surface area contributed by atoms with Crippen LogP contribution < -0.4 is 0 Å². The zero-order chi connectivity index (χ0) is 10.9. The SMILES string of the molecule is CC(C)ON1CC(S(=O)(=O)O)CC1=O. The maximum Gasteiger partial charge on any atom is 0.270 e. The first kappa shape index (κ1) is 11.4. The Bertz CT molecular complexity index is 323. The van der Waals surface area contributed by atoms with Crippen LogP contribution in [-0.4, -0.2) is 41.8 Å². The van der Waals surface area contributed by atoms with Crippen molar-refractivity contribution in [2.75, 3.05) is 6.54 Å². The summed E-state index contributed by atoms with van der Waals surface area (Å²) in [6.07, 6.45) is -0.412. The third-order valence-corrected chi connectivity index (χ3v) is 2.97. The average Bonchev–Trinajstić information content (AvgIpc) is 2.30. The van der Waals surface area contributed by atoms with Crippen molar-refractivity contribution >= 4 is 16.0 Å². The molecule has 0 bridgehead atoms. The molecule has 1 rings (SSSR count). The number of hydroxylamine groups is 2. The van der Waals surface area contributed by atoms with E-state index in [1.54, 1.807) is 13.8 Å². The van der Waals surface area contributed by atoms with Crippen LogP contribution in [0.2, 0.25) is 0 Å². The molecule has 0 spiro atoms. The van der Waals surface area contributed by atoms with E-state index in [-0.39, 0.29) is 19.1 Å². The normalized spacial score (nSPS) is 23.6. The second kappa shape index (κ2) is 3.84. The van der Waals surface area contributed by atoms with E-state index in [0.717, 1.165) is 5.06 Å². The van der Waals surface area contributed by atoms with Crippen LogP contribution in [0.5, 0.6) is 0 Å². The number of rotatable bonds is 3. The molecule has 0 aromatic carbocycles. The summed E-state index contributed by atoms with van der Waals surface area (Å²) in [5.41, 5.74) is 0. The number of hydrogen-bond acceptors (Lipinski definition) is 4. The smallest absolute Gasteiger partial charge is 0.270 e. The molecule has 1 aliphatic rings. The second-order valence-electron chi connectivity index (χ2n) is 3.45. The highest BCUT2D eigenvalue weighted by molar-refractivity contribution is 7.86. The van der Waals surface area contributed by atoms with Crippen molar-refractivity contribution in [1.29, 1.82) is 0 Å². The van der Waals surface area contributed by atoms with Crippen LogP contribution in [0, 0.1) is 0 Å². The van der Waals surface area contributed by atoms with Gasteiger partial charge in [0.2, 0.25) is 5.91 Å². The van der Waals surface area contributed by atoms with Crippen LogP contribution in [0.4, 0.5) is 0 Å². The molecular formula is C7H13NO5S. The van der Waals surface area contributed by atoms with E-state index in [1.807, 2.05) is 0 Å². The van der Waals surface area contributed by atoms with Gasteiger partial charge in [-0.1, -0.05) is 0 Å². The van der Waals surface area contributed by atoms with Gasteiger partial charge in [-0.3, -0.25) is 14.2 Å². The quantitative estimate of drug-likeness (QED) is 0.671. The fourth-order valence-electron chi connectivity index (χ4n) is 1.20. The Balaban J connectivity index is 2.65. The van der Waals surface area contributed by atoms with Crippen LogP contribution >= 0.6 is 0 Å². The molecule has 14 heavy (non-hydrogen) atoms. The predicted octanol–water partition coefficient (Wildman–Crippen LogP) is -0.185.